The molecule has 51 heavy (non-hydrogen) atoms. The van der Waals surface area contributed by atoms with Crippen molar-refractivity contribution in [2.24, 2.45) is 0 Å². The molecule has 1 aliphatic heterocycles. The molecule has 2 aromatic heterocycles. The van der Waals surface area contributed by atoms with Crippen LogP contribution in [0.15, 0.2) is 167 Å². The van der Waals surface area contributed by atoms with Crippen LogP contribution in [-0.2, 0) is 0 Å². The maximum atomic E-state index is 7.72. The summed E-state index contributed by atoms with van der Waals surface area (Å²) in [6, 6.07) is 47.7. The van der Waals surface area contributed by atoms with E-state index in [-0.39, 0.29) is 12.0 Å². The Balaban J connectivity index is 1.05. The molecule has 2 atom stereocenters. The van der Waals surface area contributed by atoms with E-state index in [2.05, 4.69) is 95.9 Å². The molecule has 6 nitrogen and oxygen atoms in total. The average Bonchev–Trinajstić information content (AvgIpc) is 3.92. The van der Waals surface area contributed by atoms with Gasteiger partial charge in [-0.1, -0.05) is 85.0 Å². The third-order valence-electron chi connectivity index (χ3n) is 9.96. The molecule has 1 aliphatic carbocycles. The van der Waals surface area contributed by atoms with Crippen LogP contribution in [0, 0.1) is 5.41 Å². The second kappa shape index (κ2) is 11.7. The summed E-state index contributed by atoms with van der Waals surface area (Å²) in [6.07, 6.45) is 8.35. The van der Waals surface area contributed by atoms with E-state index >= 15 is 0 Å². The summed E-state index contributed by atoms with van der Waals surface area (Å²) in [7, 11) is 0. The Morgan fingerprint density at radius 2 is 1.20 bits per heavy atom. The van der Waals surface area contributed by atoms with Gasteiger partial charge in [0.2, 0.25) is 11.8 Å². The van der Waals surface area contributed by atoms with Gasteiger partial charge in [0.1, 0.15) is 11.0 Å². The first kappa shape index (κ1) is 29.2. The number of allylic oxidation sites excluding steroid dienone is 2. The Labute approximate surface area is 294 Å². The van der Waals surface area contributed by atoms with Gasteiger partial charge in [-0.25, -0.2) is 9.97 Å². The lowest BCUT2D eigenvalue weighted by Crippen LogP contribution is -2.28. The summed E-state index contributed by atoms with van der Waals surface area (Å²) in [6.45, 7) is 0. The van der Waals surface area contributed by atoms with Crippen molar-refractivity contribution in [2.45, 2.75) is 12.0 Å². The van der Waals surface area contributed by atoms with Gasteiger partial charge in [0.05, 0.1) is 6.04 Å². The molecular formula is C45H30N4O2. The summed E-state index contributed by atoms with van der Waals surface area (Å²) in [5.74, 6) is 1.34. The number of aromatic nitrogens is 2. The zero-order valence-electron chi connectivity index (χ0n) is 27.4. The molecule has 3 heterocycles. The number of rotatable bonds is 6. The summed E-state index contributed by atoms with van der Waals surface area (Å²) in [4.78, 5) is 11.9. The molecule has 0 spiro atoms. The van der Waals surface area contributed by atoms with Gasteiger partial charge in [-0.3, -0.25) is 0 Å². The van der Waals surface area contributed by atoms with Crippen LogP contribution < -0.4 is 4.90 Å². The first-order valence-corrected chi connectivity index (χ1v) is 17.0. The van der Waals surface area contributed by atoms with E-state index in [1.165, 1.54) is 17.5 Å². The molecule has 0 fully saturated rings. The summed E-state index contributed by atoms with van der Waals surface area (Å²) >= 11 is 0. The van der Waals surface area contributed by atoms with Crippen molar-refractivity contribution in [3.8, 4) is 34.0 Å². The third-order valence-corrected chi connectivity index (χ3v) is 9.96. The second-order valence-electron chi connectivity index (χ2n) is 13.0. The van der Waals surface area contributed by atoms with E-state index in [1.54, 1.807) is 0 Å². The molecule has 0 saturated heterocycles. The molecule has 6 aromatic carbocycles. The normalized spacial score (nSPS) is 16.3. The lowest BCUT2D eigenvalue weighted by atomic mass is 9.85. The number of benzene rings is 6. The molecule has 0 amide bonds. The molecule has 242 valence electrons. The molecule has 2 aliphatic rings. The van der Waals surface area contributed by atoms with Crippen molar-refractivity contribution in [1.29, 1.82) is 5.41 Å². The zero-order chi connectivity index (χ0) is 33.9. The minimum Gasteiger partial charge on any atom is -0.436 e. The van der Waals surface area contributed by atoms with Crippen LogP contribution in [0.2, 0.25) is 0 Å². The lowest BCUT2D eigenvalue weighted by Gasteiger charge is -2.30. The topological polar surface area (TPSA) is 79.2 Å². The maximum absolute atomic E-state index is 7.72. The molecule has 0 saturated carbocycles. The fourth-order valence-electron chi connectivity index (χ4n) is 7.46. The average molecular weight is 659 g/mol. The number of hydrogen-bond donors (Lipinski definition) is 1. The van der Waals surface area contributed by atoms with Gasteiger partial charge in [-0.2, -0.15) is 0 Å². The van der Waals surface area contributed by atoms with Gasteiger partial charge in [0.15, 0.2) is 11.2 Å². The van der Waals surface area contributed by atoms with Crippen molar-refractivity contribution < 1.29 is 8.83 Å². The number of fused-ring (bicyclic) bond motifs is 5. The highest BCUT2D eigenvalue weighted by Gasteiger charge is 2.38. The first-order chi connectivity index (χ1) is 25.2. The predicted molar refractivity (Wildman–Crippen MR) is 204 cm³/mol. The van der Waals surface area contributed by atoms with E-state index in [0.717, 1.165) is 66.8 Å². The van der Waals surface area contributed by atoms with Crippen molar-refractivity contribution in [3.63, 3.8) is 0 Å². The highest BCUT2D eigenvalue weighted by atomic mass is 16.4. The molecule has 10 rings (SSSR count). The molecule has 2 unspecified atom stereocenters. The van der Waals surface area contributed by atoms with E-state index in [0.29, 0.717) is 11.8 Å². The number of nitrogens with zero attached hydrogens (tertiary/aromatic N) is 3. The van der Waals surface area contributed by atoms with Crippen LogP contribution in [-0.4, -0.2) is 22.2 Å². The number of nitrogens with one attached hydrogen (secondary N) is 1. The van der Waals surface area contributed by atoms with Gasteiger partial charge in [-0.15, -0.1) is 0 Å². The van der Waals surface area contributed by atoms with Gasteiger partial charge in [0.25, 0.3) is 0 Å². The van der Waals surface area contributed by atoms with E-state index in [9.17, 15) is 0 Å². The van der Waals surface area contributed by atoms with Crippen LogP contribution in [0.5, 0.6) is 0 Å². The summed E-state index contributed by atoms with van der Waals surface area (Å²) in [5, 5.41) is 7.72. The van der Waals surface area contributed by atoms with Crippen LogP contribution in [0.1, 0.15) is 22.6 Å². The standard InChI is InChI=1S/C45H30N4O2/c46-27-28-15-19-35(20-16-28)49-40-21-17-31(29-7-5-9-33(23-29)44-47-38-11-1-3-13-42(38)50-44)25-36(40)37-26-32(18-22-41(37)49)30-8-6-10-34(24-30)45-48-39-12-2-4-14-43(39)51-45/h1-27,36,40,46H. The second-order valence-corrected chi connectivity index (χ2v) is 13.0. The van der Waals surface area contributed by atoms with E-state index in [4.69, 9.17) is 24.2 Å². The van der Waals surface area contributed by atoms with Crippen LogP contribution in [0.25, 0.3) is 61.8 Å². The van der Waals surface area contributed by atoms with Crippen LogP contribution in [0.3, 0.4) is 0 Å². The third kappa shape index (κ3) is 4.99. The highest BCUT2D eigenvalue weighted by molar-refractivity contribution is 5.87. The molecule has 6 heteroatoms. The van der Waals surface area contributed by atoms with Crippen molar-refractivity contribution >= 4 is 45.4 Å². The van der Waals surface area contributed by atoms with E-state index in [1.807, 2.05) is 66.7 Å². The first-order valence-electron chi connectivity index (χ1n) is 17.0. The van der Waals surface area contributed by atoms with Crippen molar-refractivity contribution in [2.75, 3.05) is 4.90 Å². The highest BCUT2D eigenvalue weighted by Crippen LogP contribution is 2.50. The molecule has 8 aromatic rings. The maximum Gasteiger partial charge on any atom is 0.227 e. The molecular weight excluding hydrogens is 629 g/mol. The van der Waals surface area contributed by atoms with Gasteiger partial charge < -0.3 is 19.1 Å². The quantitative estimate of drug-likeness (QED) is 0.180. The minimum absolute atomic E-state index is 0.0936. The van der Waals surface area contributed by atoms with Crippen molar-refractivity contribution in [3.05, 3.63) is 174 Å². The molecule has 0 bridgehead atoms. The predicted octanol–water partition coefficient (Wildman–Crippen LogP) is 11.2. The summed E-state index contributed by atoms with van der Waals surface area (Å²) < 4.78 is 12.2. The lowest BCUT2D eigenvalue weighted by molar-refractivity contribution is 0.619. The van der Waals surface area contributed by atoms with E-state index < -0.39 is 0 Å². The van der Waals surface area contributed by atoms with Gasteiger partial charge >= 0.3 is 0 Å². The largest absolute Gasteiger partial charge is 0.436 e. The Morgan fingerprint density at radius 3 is 1.86 bits per heavy atom. The van der Waals surface area contributed by atoms with Gasteiger partial charge in [0, 0.05) is 34.6 Å². The zero-order valence-corrected chi connectivity index (χ0v) is 27.4. The monoisotopic (exact) mass is 658 g/mol. The SMILES string of the molecule is N=Cc1ccc(N2c3ccc(-c4cccc(-c5nc6ccccc6o5)c4)cc3C3C=C(c4cccc(-c5nc6ccccc6o5)c4)C=CC32)cc1. The number of oxazole rings is 2. The van der Waals surface area contributed by atoms with Gasteiger partial charge in [-0.05, 0) is 106 Å². The van der Waals surface area contributed by atoms with Crippen LogP contribution in [0.4, 0.5) is 11.4 Å². The Hall–Kier alpha value is -6.79. The van der Waals surface area contributed by atoms with Crippen molar-refractivity contribution in [1.82, 2.24) is 9.97 Å². The Kier molecular flexibility index (Phi) is 6.67. The number of anilines is 2. The fourth-order valence-corrected chi connectivity index (χ4v) is 7.46. The molecule has 1 N–H and O–H groups in total. The van der Waals surface area contributed by atoms with Crippen LogP contribution >= 0.6 is 0 Å². The fraction of sp³-hybridized carbons (Fsp3) is 0.0444. The Bertz CT molecular complexity index is 2630. The summed E-state index contributed by atoms with van der Waals surface area (Å²) in [5.41, 5.74) is 14.1. The molecule has 0 radical (unpaired) electrons. The number of hydrogen-bond acceptors (Lipinski definition) is 6. The number of para-hydroxylation sites is 4. The minimum atomic E-state index is 0.0936. The Morgan fingerprint density at radius 1 is 0.588 bits per heavy atom. The smallest absolute Gasteiger partial charge is 0.227 e.